The topological polar surface area (TPSA) is 110 Å². The first-order valence-corrected chi connectivity index (χ1v) is 4.66. The number of nitrogens with zero attached hydrogens (tertiary/aromatic N) is 1. The van der Waals surface area contributed by atoms with Crippen LogP contribution in [-0.2, 0) is 20.9 Å². The van der Waals surface area contributed by atoms with Gasteiger partial charge in [-0.1, -0.05) is 0 Å². The van der Waals surface area contributed by atoms with E-state index in [1.54, 1.807) is 0 Å². The van der Waals surface area contributed by atoms with Crippen molar-refractivity contribution in [2.75, 3.05) is 13.7 Å². The summed E-state index contributed by atoms with van der Waals surface area (Å²) in [5, 5.41) is 2.26. The number of carbonyl (C=O) groups excluding carboxylic acids is 2. The minimum atomic E-state index is -0.689. The van der Waals surface area contributed by atoms with E-state index >= 15 is 0 Å². The molecule has 0 aliphatic heterocycles. The number of ether oxygens (including phenoxy) is 1. The molecule has 1 heterocycles. The maximum absolute atomic E-state index is 11.3. The molecule has 0 atom stereocenters. The Hall–Kier alpha value is -2.38. The second-order valence-corrected chi connectivity index (χ2v) is 3.09. The zero-order chi connectivity index (χ0) is 12.8. The summed E-state index contributed by atoms with van der Waals surface area (Å²) in [4.78, 5) is 46.0. The predicted octanol–water partition coefficient (Wildman–Crippen LogP) is -2.17. The van der Waals surface area contributed by atoms with Gasteiger partial charge in [0.05, 0.1) is 7.11 Å². The van der Waals surface area contributed by atoms with E-state index in [4.69, 9.17) is 0 Å². The Morgan fingerprint density at radius 3 is 2.76 bits per heavy atom. The molecule has 0 aliphatic rings. The number of nitrogens with one attached hydrogen (secondary N) is 2. The molecule has 0 fully saturated rings. The normalized spacial score (nSPS) is 9.71. The van der Waals surface area contributed by atoms with Crippen LogP contribution in [0.4, 0.5) is 0 Å². The van der Waals surface area contributed by atoms with Crippen molar-refractivity contribution in [3.05, 3.63) is 33.1 Å². The lowest BCUT2D eigenvalue weighted by molar-refractivity contribution is -0.141. The highest BCUT2D eigenvalue weighted by atomic mass is 16.5. The fourth-order valence-corrected chi connectivity index (χ4v) is 1.02. The molecule has 1 aromatic rings. The molecule has 0 aliphatic carbocycles. The van der Waals surface area contributed by atoms with Gasteiger partial charge in [0.15, 0.2) is 0 Å². The molecule has 0 aromatic carbocycles. The lowest BCUT2D eigenvalue weighted by Crippen LogP contribution is -2.37. The van der Waals surface area contributed by atoms with E-state index < -0.39 is 23.1 Å². The van der Waals surface area contributed by atoms with E-state index in [2.05, 4.69) is 10.1 Å². The quantitative estimate of drug-likeness (QED) is 0.582. The molecular weight excluding hydrogens is 230 g/mol. The van der Waals surface area contributed by atoms with Gasteiger partial charge < -0.3 is 10.1 Å². The number of H-pyrrole nitrogens is 1. The Kier molecular flexibility index (Phi) is 4.21. The van der Waals surface area contributed by atoms with Gasteiger partial charge in [-0.2, -0.15) is 0 Å². The minimum absolute atomic E-state index is 0.270. The Labute approximate surface area is 95.2 Å². The van der Waals surface area contributed by atoms with E-state index in [-0.39, 0.29) is 13.1 Å². The van der Waals surface area contributed by atoms with Crippen molar-refractivity contribution in [3.63, 3.8) is 0 Å². The second kappa shape index (κ2) is 5.64. The van der Waals surface area contributed by atoms with Crippen LogP contribution in [0.2, 0.25) is 0 Å². The SMILES string of the molecule is COC(=O)CNC(=O)Cn1ccc(=O)[nH]c1=O. The van der Waals surface area contributed by atoms with Crippen LogP contribution in [0.3, 0.4) is 0 Å². The van der Waals surface area contributed by atoms with Crippen LogP contribution in [0.1, 0.15) is 0 Å². The van der Waals surface area contributed by atoms with Gasteiger partial charge in [0, 0.05) is 12.3 Å². The van der Waals surface area contributed by atoms with Crippen LogP contribution in [0.25, 0.3) is 0 Å². The smallest absolute Gasteiger partial charge is 0.328 e. The number of rotatable bonds is 4. The van der Waals surface area contributed by atoms with E-state index in [0.717, 1.165) is 10.6 Å². The summed E-state index contributed by atoms with van der Waals surface area (Å²) >= 11 is 0. The van der Waals surface area contributed by atoms with Crippen molar-refractivity contribution in [2.45, 2.75) is 6.54 Å². The summed E-state index contributed by atoms with van der Waals surface area (Å²) < 4.78 is 5.33. The van der Waals surface area contributed by atoms with E-state index in [1.807, 2.05) is 4.98 Å². The first-order valence-electron chi connectivity index (χ1n) is 4.66. The first kappa shape index (κ1) is 12.7. The molecule has 0 bridgehead atoms. The summed E-state index contributed by atoms with van der Waals surface area (Å²) in [7, 11) is 1.20. The summed E-state index contributed by atoms with van der Waals surface area (Å²) in [6, 6.07) is 1.12. The van der Waals surface area contributed by atoms with Gasteiger partial charge in [0.25, 0.3) is 5.56 Å². The summed E-state index contributed by atoms with van der Waals surface area (Å²) in [5.41, 5.74) is -1.23. The lowest BCUT2D eigenvalue weighted by Gasteiger charge is -2.05. The number of hydrogen-bond acceptors (Lipinski definition) is 5. The molecule has 8 heteroatoms. The lowest BCUT2D eigenvalue weighted by atomic mass is 10.5. The van der Waals surface area contributed by atoms with Gasteiger partial charge in [-0.05, 0) is 0 Å². The zero-order valence-corrected chi connectivity index (χ0v) is 9.06. The van der Waals surface area contributed by atoms with Crippen molar-refractivity contribution >= 4 is 11.9 Å². The number of carbonyl (C=O) groups is 2. The van der Waals surface area contributed by atoms with Crippen molar-refractivity contribution in [1.82, 2.24) is 14.9 Å². The van der Waals surface area contributed by atoms with Gasteiger partial charge in [-0.15, -0.1) is 0 Å². The predicted molar refractivity (Wildman–Crippen MR) is 56.3 cm³/mol. The molecule has 1 amide bonds. The monoisotopic (exact) mass is 241 g/mol. The molecule has 0 unspecified atom stereocenters. The fourth-order valence-electron chi connectivity index (χ4n) is 1.02. The van der Waals surface area contributed by atoms with Crippen LogP contribution in [0.15, 0.2) is 21.9 Å². The number of amides is 1. The molecule has 2 N–H and O–H groups in total. The Morgan fingerprint density at radius 1 is 1.47 bits per heavy atom. The van der Waals surface area contributed by atoms with Gasteiger partial charge in [0.2, 0.25) is 5.91 Å². The number of hydrogen-bond donors (Lipinski definition) is 2. The molecule has 0 saturated heterocycles. The minimum Gasteiger partial charge on any atom is -0.468 e. The molecule has 0 saturated carbocycles. The first-order chi connectivity index (χ1) is 8.02. The Bertz CT molecular complexity index is 530. The van der Waals surface area contributed by atoms with Gasteiger partial charge in [-0.3, -0.25) is 23.9 Å². The summed E-state index contributed by atoms with van der Waals surface area (Å²) in [6.07, 6.45) is 1.19. The van der Waals surface area contributed by atoms with E-state index in [9.17, 15) is 19.2 Å². The molecule has 0 radical (unpaired) electrons. The molecule has 92 valence electrons. The van der Waals surface area contributed by atoms with Crippen molar-refractivity contribution in [3.8, 4) is 0 Å². The van der Waals surface area contributed by atoms with Gasteiger partial charge in [-0.25, -0.2) is 4.79 Å². The maximum atomic E-state index is 11.3. The molecule has 0 spiro atoms. The molecular formula is C9H11N3O5. The van der Waals surface area contributed by atoms with Crippen LogP contribution in [0.5, 0.6) is 0 Å². The standard InChI is InChI=1S/C9H11N3O5/c1-17-8(15)4-10-7(14)5-12-3-2-6(13)11-9(12)16/h2-3H,4-5H2,1H3,(H,10,14)(H,11,13,16). The van der Waals surface area contributed by atoms with Crippen LogP contribution >= 0.6 is 0 Å². The van der Waals surface area contributed by atoms with Crippen LogP contribution in [-0.4, -0.2) is 35.1 Å². The highest BCUT2D eigenvalue weighted by molar-refractivity contribution is 5.81. The Balaban J connectivity index is 2.59. The second-order valence-electron chi connectivity index (χ2n) is 3.09. The highest BCUT2D eigenvalue weighted by Gasteiger charge is 2.06. The van der Waals surface area contributed by atoms with E-state index in [0.29, 0.717) is 0 Å². The number of esters is 1. The number of aromatic amines is 1. The average Bonchev–Trinajstić information content (AvgIpc) is 2.29. The Morgan fingerprint density at radius 2 is 2.18 bits per heavy atom. The number of methoxy groups -OCH3 is 1. The van der Waals surface area contributed by atoms with Crippen molar-refractivity contribution in [2.24, 2.45) is 0 Å². The zero-order valence-electron chi connectivity index (χ0n) is 9.06. The molecule has 17 heavy (non-hydrogen) atoms. The molecule has 1 rings (SSSR count). The third kappa shape index (κ3) is 3.93. The van der Waals surface area contributed by atoms with Gasteiger partial charge in [0.1, 0.15) is 13.1 Å². The van der Waals surface area contributed by atoms with Crippen LogP contribution < -0.4 is 16.6 Å². The fraction of sp³-hybridized carbons (Fsp3) is 0.333. The molecule has 8 nitrogen and oxygen atoms in total. The van der Waals surface area contributed by atoms with Crippen molar-refractivity contribution < 1.29 is 14.3 Å². The van der Waals surface area contributed by atoms with Crippen molar-refractivity contribution in [1.29, 1.82) is 0 Å². The highest BCUT2D eigenvalue weighted by Crippen LogP contribution is 1.78. The third-order valence-electron chi connectivity index (χ3n) is 1.87. The van der Waals surface area contributed by atoms with Crippen LogP contribution in [0, 0.1) is 0 Å². The summed E-state index contributed by atoms with van der Waals surface area (Å²) in [5.74, 6) is -1.13. The largest absolute Gasteiger partial charge is 0.468 e. The van der Waals surface area contributed by atoms with E-state index in [1.165, 1.54) is 13.3 Å². The third-order valence-corrected chi connectivity index (χ3v) is 1.87. The number of aromatic nitrogens is 2. The van der Waals surface area contributed by atoms with Gasteiger partial charge >= 0.3 is 11.7 Å². The maximum Gasteiger partial charge on any atom is 0.328 e. The average molecular weight is 241 g/mol. The summed E-state index contributed by atoms with van der Waals surface area (Å²) in [6.45, 7) is -0.556. The molecule has 1 aromatic heterocycles.